The third-order valence-corrected chi connectivity index (χ3v) is 2.76. The van der Waals surface area contributed by atoms with Gasteiger partial charge < -0.3 is 9.84 Å². The molecule has 0 aliphatic heterocycles. The Hall–Kier alpha value is -1.75. The molecule has 4 nitrogen and oxygen atoms in total. The van der Waals surface area contributed by atoms with Gasteiger partial charge in [0.15, 0.2) is 0 Å². The lowest BCUT2D eigenvalue weighted by Crippen LogP contribution is -2.37. The first-order valence-electron chi connectivity index (χ1n) is 6.69. The van der Waals surface area contributed by atoms with Gasteiger partial charge in [0.05, 0.1) is 0 Å². The molecule has 0 saturated carbocycles. The average Bonchev–Trinajstić information content (AvgIpc) is 2.74. The minimum Gasteiger partial charge on any atom is -0.339 e. The molecule has 0 spiro atoms. The lowest BCUT2D eigenvalue weighted by atomic mass is 10.1. The largest absolute Gasteiger partial charge is 0.339 e. The van der Waals surface area contributed by atoms with Crippen LogP contribution in [0.25, 0.3) is 11.4 Å². The molecule has 1 aromatic heterocycles. The van der Waals surface area contributed by atoms with E-state index < -0.39 is 0 Å². The maximum absolute atomic E-state index is 13.4. The Morgan fingerprint density at radius 2 is 2.00 bits per heavy atom. The van der Waals surface area contributed by atoms with Crippen LogP contribution in [0.5, 0.6) is 0 Å². The summed E-state index contributed by atoms with van der Waals surface area (Å²) in [6.45, 7) is 8.89. The summed E-state index contributed by atoms with van der Waals surface area (Å²) in [5.74, 6) is 0.692. The van der Waals surface area contributed by atoms with Gasteiger partial charge in [-0.05, 0) is 51.5 Å². The number of hydrogen-bond acceptors (Lipinski definition) is 4. The normalized spacial score (nSPS) is 11.8. The zero-order valence-electron chi connectivity index (χ0n) is 12.3. The molecular formula is C15H20FN3O. The number of nitrogens with one attached hydrogen (secondary N) is 1. The number of halogens is 1. The number of nitrogens with zero attached hydrogens (tertiary/aromatic N) is 2. The molecule has 108 valence electrons. The first-order chi connectivity index (χ1) is 9.33. The predicted octanol–water partition coefficient (Wildman–Crippen LogP) is 3.11. The summed E-state index contributed by atoms with van der Waals surface area (Å²) >= 11 is 0. The minimum atomic E-state index is -0.291. The van der Waals surface area contributed by atoms with Crippen molar-refractivity contribution >= 4 is 0 Å². The number of rotatable bonds is 4. The highest BCUT2D eigenvalue weighted by Crippen LogP contribution is 2.19. The van der Waals surface area contributed by atoms with Crippen LogP contribution in [0.15, 0.2) is 22.7 Å². The number of benzene rings is 1. The molecule has 0 unspecified atom stereocenters. The van der Waals surface area contributed by atoms with E-state index in [4.69, 9.17) is 4.52 Å². The second-order valence-corrected chi connectivity index (χ2v) is 5.96. The highest BCUT2D eigenvalue weighted by atomic mass is 19.1. The summed E-state index contributed by atoms with van der Waals surface area (Å²) in [6.07, 6.45) is 0.651. The van der Waals surface area contributed by atoms with Crippen molar-refractivity contribution in [3.8, 4) is 11.4 Å². The van der Waals surface area contributed by atoms with E-state index in [0.717, 1.165) is 12.1 Å². The zero-order valence-corrected chi connectivity index (χ0v) is 12.3. The molecule has 0 atom stereocenters. The second kappa shape index (κ2) is 5.71. The Labute approximate surface area is 118 Å². The van der Waals surface area contributed by atoms with Gasteiger partial charge in [-0.25, -0.2) is 4.39 Å². The van der Waals surface area contributed by atoms with Gasteiger partial charge in [0.25, 0.3) is 0 Å². The van der Waals surface area contributed by atoms with Gasteiger partial charge in [-0.2, -0.15) is 4.98 Å². The molecule has 5 heteroatoms. The topological polar surface area (TPSA) is 51.0 Å². The Morgan fingerprint density at radius 1 is 1.25 bits per heavy atom. The molecule has 2 rings (SSSR count). The second-order valence-electron chi connectivity index (χ2n) is 5.96. The summed E-state index contributed by atoms with van der Waals surface area (Å²) < 4.78 is 18.5. The summed E-state index contributed by atoms with van der Waals surface area (Å²) in [5, 5.41) is 7.25. The van der Waals surface area contributed by atoms with E-state index >= 15 is 0 Å². The van der Waals surface area contributed by atoms with E-state index in [-0.39, 0.29) is 11.4 Å². The van der Waals surface area contributed by atoms with Crippen LogP contribution in [-0.2, 0) is 6.42 Å². The lowest BCUT2D eigenvalue weighted by molar-refractivity contribution is 0.362. The first kappa shape index (κ1) is 14.7. The molecule has 0 saturated heterocycles. The molecule has 0 amide bonds. The summed E-state index contributed by atoms with van der Waals surface area (Å²) in [6, 6.07) is 4.72. The summed E-state index contributed by atoms with van der Waals surface area (Å²) in [4.78, 5) is 4.30. The molecule has 1 N–H and O–H groups in total. The van der Waals surface area contributed by atoms with E-state index in [9.17, 15) is 4.39 Å². The molecule has 0 bridgehead atoms. The first-order valence-corrected chi connectivity index (χ1v) is 6.69. The third-order valence-electron chi connectivity index (χ3n) is 2.76. The molecular weight excluding hydrogens is 257 g/mol. The number of aromatic nitrogens is 2. The standard InChI is InChI=1S/C15H20FN3O/c1-10-7-11(9-12(16)8-10)14-18-13(20-19-14)5-6-17-15(2,3)4/h7-9,17H,5-6H2,1-4H3. The fourth-order valence-corrected chi connectivity index (χ4v) is 1.88. The molecule has 1 heterocycles. The fourth-order valence-electron chi connectivity index (χ4n) is 1.88. The molecule has 1 aromatic carbocycles. The van der Waals surface area contributed by atoms with Crippen molar-refractivity contribution in [3.63, 3.8) is 0 Å². The van der Waals surface area contributed by atoms with E-state index in [1.54, 1.807) is 0 Å². The van der Waals surface area contributed by atoms with Crippen molar-refractivity contribution in [3.05, 3.63) is 35.5 Å². The molecule has 2 aromatic rings. The van der Waals surface area contributed by atoms with Gasteiger partial charge in [-0.15, -0.1) is 0 Å². The summed E-state index contributed by atoms with van der Waals surface area (Å²) in [7, 11) is 0. The highest BCUT2D eigenvalue weighted by molar-refractivity contribution is 5.55. The fraction of sp³-hybridized carbons (Fsp3) is 0.467. The Bertz CT molecular complexity index is 567. The maximum Gasteiger partial charge on any atom is 0.228 e. The van der Waals surface area contributed by atoms with Crippen LogP contribution in [-0.4, -0.2) is 22.2 Å². The van der Waals surface area contributed by atoms with Crippen molar-refractivity contribution < 1.29 is 8.91 Å². The SMILES string of the molecule is Cc1cc(F)cc(-c2noc(CCNC(C)(C)C)n2)c1. The van der Waals surface area contributed by atoms with Gasteiger partial charge in [0, 0.05) is 24.1 Å². The van der Waals surface area contributed by atoms with Crippen molar-refractivity contribution in [2.75, 3.05) is 6.54 Å². The maximum atomic E-state index is 13.4. The highest BCUT2D eigenvalue weighted by Gasteiger charge is 2.12. The number of aryl methyl sites for hydroxylation is 1. The van der Waals surface area contributed by atoms with Gasteiger partial charge in [0.2, 0.25) is 11.7 Å². The lowest BCUT2D eigenvalue weighted by Gasteiger charge is -2.19. The predicted molar refractivity (Wildman–Crippen MR) is 75.9 cm³/mol. The van der Waals surface area contributed by atoms with Crippen LogP contribution in [0.4, 0.5) is 4.39 Å². The average molecular weight is 277 g/mol. The zero-order chi connectivity index (χ0) is 14.8. The number of hydrogen-bond donors (Lipinski definition) is 1. The van der Waals surface area contributed by atoms with Crippen molar-refractivity contribution in [1.29, 1.82) is 0 Å². The van der Waals surface area contributed by atoms with Crippen LogP contribution in [0, 0.1) is 12.7 Å². The van der Waals surface area contributed by atoms with E-state index in [1.807, 2.05) is 13.0 Å². The van der Waals surface area contributed by atoms with Gasteiger partial charge in [0.1, 0.15) is 5.82 Å². The third kappa shape index (κ3) is 4.13. The van der Waals surface area contributed by atoms with Crippen LogP contribution in [0.3, 0.4) is 0 Å². The van der Waals surface area contributed by atoms with Crippen molar-refractivity contribution in [2.45, 2.75) is 39.7 Å². The van der Waals surface area contributed by atoms with E-state index in [0.29, 0.717) is 23.7 Å². The molecule has 0 fully saturated rings. The molecule has 0 radical (unpaired) electrons. The smallest absolute Gasteiger partial charge is 0.228 e. The van der Waals surface area contributed by atoms with E-state index in [2.05, 4.69) is 36.2 Å². The van der Waals surface area contributed by atoms with Crippen LogP contribution in [0.1, 0.15) is 32.2 Å². The van der Waals surface area contributed by atoms with Gasteiger partial charge in [-0.1, -0.05) is 5.16 Å². The van der Waals surface area contributed by atoms with Gasteiger partial charge >= 0.3 is 0 Å². The summed E-state index contributed by atoms with van der Waals surface area (Å²) in [5.41, 5.74) is 1.53. The van der Waals surface area contributed by atoms with Crippen LogP contribution in [0.2, 0.25) is 0 Å². The van der Waals surface area contributed by atoms with Crippen molar-refractivity contribution in [2.24, 2.45) is 0 Å². The van der Waals surface area contributed by atoms with Gasteiger partial charge in [-0.3, -0.25) is 0 Å². The Morgan fingerprint density at radius 3 is 2.65 bits per heavy atom. The quantitative estimate of drug-likeness (QED) is 0.933. The molecule has 0 aliphatic rings. The molecule has 0 aliphatic carbocycles. The monoisotopic (exact) mass is 277 g/mol. The minimum absolute atomic E-state index is 0.0581. The van der Waals surface area contributed by atoms with Crippen LogP contribution < -0.4 is 5.32 Å². The van der Waals surface area contributed by atoms with E-state index in [1.165, 1.54) is 12.1 Å². The molecule has 20 heavy (non-hydrogen) atoms. The van der Waals surface area contributed by atoms with Crippen molar-refractivity contribution in [1.82, 2.24) is 15.5 Å². The van der Waals surface area contributed by atoms with Crippen LogP contribution >= 0.6 is 0 Å². The Balaban J connectivity index is 2.05. The Kier molecular flexibility index (Phi) is 4.18.